The topological polar surface area (TPSA) is 80.5 Å². The lowest BCUT2D eigenvalue weighted by atomic mass is 10.0. The highest BCUT2D eigenvalue weighted by Gasteiger charge is 2.31. The zero-order chi connectivity index (χ0) is 17.9. The summed E-state index contributed by atoms with van der Waals surface area (Å²) in [7, 11) is 0. The molecule has 0 unspecified atom stereocenters. The molecule has 2 atom stereocenters. The summed E-state index contributed by atoms with van der Waals surface area (Å²) in [5, 5.41) is 15.5. The van der Waals surface area contributed by atoms with E-state index in [9.17, 15) is 9.90 Å². The van der Waals surface area contributed by atoms with Crippen molar-refractivity contribution >= 4 is 16.8 Å². The molecule has 7 heteroatoms. The summed E-state index contributed by atoms with van der Waals surface area (Å²) >= 11 is 0. The van der Waals surface area contributed by atoms with Gasteiger partial charge in [-0.05, 0) is 30.3 Å². The second kappa shape index (κ2) is 7.13. The second-order valence-electron chi connectivity index (χ2n) is 6.41. The SMILES string of the molecule is O=C(Cn1cccn1)N1CC[C@@H](Oc2ccc3ncccc3c2)[C@H](O)C1. The predicted octanol–water partition coefficient (Wildman–Crippen LogP) is 1.47. The van der Waals surface area contributed by atoms with Crippen LogP contribution in [0.2, 0.25) is 0 Å². The summed E-state index contributed by atoms with van der Waals surface area (Å²) in [6, 6.07) is 11.3. The number of β-amino-alcohol motifs (C(OH)–C–C–N with tert-alkyl or cyclic N) is 1. The van der Waals surface area contributed by atoms with Crippen molar-refractivity contribution in [1.29, 1.82) is 0 Å². The summed E-state index contributed by atoms with van der Waals surface area (Å²) in [6.07, 6.45) is 4.66. The number of ether oxygens (including phenoxy) is 1. The van der Waals surface area contributed by atoms with Crippen LogP contribution in [0.4, 0.5) is 0 Å². The Morgan fingerprint density at radius 2 is 2.19 bits per heavy atom. The molecular weight excluding hydrogens is 332 g/mol. The molecule has 0 aliphatic carbocycles. The van der Waals surface area contributed by atoms with Gasteiger partial charge in [0, 0.05) is 36.9 Å². The highest BCUT2D eigenvalue weighted by atomic mass is 16.5. The minimum Gasteiger partial charge on any atom is -0.488 e. The molecule has 3 heterocycles. The molecule has 0 bridgehead atoms. The lowest BCUT2D eigenvalue weighted by molar-refractivity contribution is -0.137. The minimum atomic E-state index is -0.727. The van der Waals surface area contributed by atoms with Crippen molar-refractivity contribution in [3.8, 4) is 5.75 Å². The van der Waals surface area contributed by atoms with Crippen molar-refractivity contribution < 1.29 is 14.6 Å². The zero-order valence-electron chi connectivity index (χ0n) is 14.2. The standard InChI is InChI=1S/C19H20N4O3/c24-17-12-22(19(25)13-23-9-2-8-21-23)10-6-18(17)26-15-4-5-16-14(11-15)3-1-7-20-16/h1-5,7-9,11,17-18,24H,6,10,12-13H2/t17-,18-/m1/s1. The third-order valence-corrected chi connectivity index (χ3v) is 4.59. The number of likely N-dealkylation sites (tertiary alicyclic amines) is 1. The van der Waals surface area contributed by atoms with Crippen molar-refractivity contribution in [3.63, 3.8) is 0 Å². The molecule has 3 aromatic rings. The van der Waals surface area contributed by atoms with E-state index in [1.54, 1.807) is 34.2 Å². The first-order chi connectivity index (χ1) is 12.7. The molecular formula is C19H20N4O3. The molecule has 2 aromatic heterocycles. The van der Waals surface area contributed by atoms with E-state index < -0.39 is 6.10 Å². The quantitative estimate of drug-likeness (QED) is 0.769. The van der Waals surface area contributed by atoms with Crippen LogP contribution in [0.5, 0.6) is 5.75 Å². The number of carbonyl (C=O) groups is 1. The molecule has 1 fully saturated rings. The van der Waals surface area contributed by atoms with Gasteiger partial charge in [-0.25, -0.2) is 0 Å². The molecule has 26 heavy (non-hydrogen) atoms. The Labute approximate surface area is 150 Å². The summed E-state index contributed by atoms with van der Waals surface area (Å²) in [6.45, 7) is 1.000. The number of rotatable bonds is 4. The largest absolute Gasteiger partial charge is 0.488 e. The molecule has 7 nitrogen and oxygen atoms in total. The number of aromatic nitrogens is 3. The lowest BCUT2D eigenvalue weighted by Crippen LogP contribution is -2.51. The second-order valence-corrected chi connectivity index (χ2v) is 6.41. The van der Waals surface area contributed by atoms with Gasteiger partial charge in [-0.3, -0.25) is 14.5 Å². The maximum absolute atomic E-state index is 12.3. The van der Waals surface area contributed by atoms with E-state index >= 15 is 0 Å². The van der Waals surface area contributed by atoms with E-state index in [0.717, 1.165) is 10.9 Å². The van der Waals surface area contributed by atoms with Crippen molar-refractivity contribution in [3.05, 3.63) is 55.0 Å². The number of aliphatic hydroxyl groups is 1. The molecule has 1 aliphatic rings. The maximum atomic E-state index is 12.3. The number of pyridine rings is 1. The Morgan fingerprint density at radius 3 is 3.00 bits per heavy atom. The van der Waals surface area contributed by atoms with Crippen LogP contribution in [0.15, 0.2) is 55.0 Å². The van der Waals surface area contributed by atoms with Crippen LogP contribution in [-0.4, -0.2) is 56.0 Å². The van der Waals surface area contributed by atoms with E-state index in [4.69, 9.17) is 4.74 Å². The fourth-order valence-electron chi connectivity index (χ4n) is 3.21. The number of nitrogens with zero attached hydrogens (tertiary/aromatic N) is 4. The van der Waals surface area contributed by atoms with Crippen LogP contribution in [0.1, 0.15) is 6.42 Å². The van der Waals surface area contributed by atoms with Gasteiger partial charge in [-0.2, -0.15) is 5.10 Å². The predicted molar refractivity (Wildman–Crippen MR) is 95.6 cm³/mol. The average Bonchev–Trinajstić information content (AvgIpc) is 3.16. The van der Waals surface area contributed by atoms with E-state index in [2.05, 4.69) is 10.1 Å². The molecule has 0 saturated carbocycles. The van der Waals surface area contributed by atoms with Crippen molar-refractivity contribution in [2.45, 2.75) is 25.2 Å². The van der Waals surface area contributed by atoms with Gasteiger partial charge < -0.3 is 14.7 Å². The molecule has 1 saturated heterocycles. The summed E-state index contributed by atoms with van der Waals surface area (Å²) in [5.41, 5.74) is 0.902. The Bertz CT molecular complexity index is 897. The zero-order valence-corrected chi connectivity index (χ0v) is 14.2. The van der Waals surface area contributed by atoms with Gasteiger partial charge in [0.25, 0.3) is 0 Å². The normalized spacial score (nSPS) is 20.3. The van der Waals surface area contributed by atoms with E-state index in [0.29, 0.717) is 18.7 Å². The van der Waals surface area contributed by atoms with Gasteiger partial charge in [-0.15, -0.1) is 0 Å². The van der Waals surface area contributed by atoms with Crippen LogP contribution in [0, 0.1) is 0 Å². The highest BCUT2D eigenvalue weighted by molar-refractivity contribution is 5.79. The maximum Gasteiger partial charge on any atom is 0.244 e. The molecule has 1 aromatic carbocycles. The lowest BCUT2D eigenvalue weighted by Gasteiger charge is -2.36. The first-order valence-electron chi connectivity index (χ1n) is 8.64. The number of hydrogen-bond acceptors (Lipinski definition) is 5. The van der Waals surface area contributed by atoms with Crippen LogP contribution in [-0.2, 0) is 11.3 Å². The summed E-state index contributed by atoms with van der Waals surface area (Å²) < 4.78 is 7.56. The number of aliphatic hydroxyl groups excluding tert-OH is 1. The number of fused-ring (bicyclic) bond motifs is 1. The van der Waals surface area contributed by atoms with E-state index in [1.165, 1.54) is 0 Å². The smallest absolute Gasteiger partial charge is 0.244 e. The minimum absolute atomic E-state index is 0.0528. The number of piperidine rings is 1. The fourth-order valence-corrected chi connectivity index (χ4v) is 3.21. The first kappa shape index (κ1) is 16.5. The molecule has 134 valence electrons. The van der Waals surface area contributed by atoms with Crippen LogP contribution in [0.3, 0.4) is 0 Å². The molecule has 4 rings (SSSR count). The Kier molecular flexibility index (Phi) is 4.53. The molecule has 0 spiro atoms. The van der Waals surface area contributed by atoms with Crippen LogP contribution >= 0.6 is 0 Å². The van der Waals surface area contributed by atoms with Gasteiger partial charge in [0.2, 0.25) is 5.91 Å². The van der Waals surface area contributed by atoms with Gasteiger partial charge in [0.05, 0.1) is 12.1 Å². The highest BCUT2D eigenvalue weighted by Crippen LogP contribution is 2.23. The fraction of sp³-hybridized carbons (Fsp3) is 0.316. The van der Waals surface area contributed by atoms with E-state index in [-0.39, 0.29) is 25.1 Å². The Morgan fingerprint density at radius 1 is 1.27 bits per heavy atom. The van der Waals surface area contributed by atoms with Crippen LogP contribution in [0.25, 0.3) is 10.9 Å². The number of carbonyl (C=O) groups excluding carboxylic acids is 1. The van der Waals surface area contributed by atoms with Gasteiger partial charge in [-0.1, -0.05) is 6.07 Å². The Hall–Kier alpha value is -2.93. The van der Waals surface area contributed by atoms with Crippen molar-refractivity contribution in [1.82, 2.24) is 19.7 Å². The number of hydrogen-bond donors (Lipinski definition) is 1. The third-order valence-electron chi connectivity index (χ3n) is 4.59. The molecule has 1 aliphatic heterocycles. The van der Waals surface area contributed by atoms with Crippen LogP contribution < -0.4 is 4.74 Å². The van der Waals surface area contributed by atoms with Crippen molar-refractivity contribution in [2.75, 3.05) is 13.1 Å². The molecule has 1 N–H and O–H groups in total. The third kappa shape index (κ3) is 3.52. The first-order valence-corrected chi connectivity index (χ1v) is 8.64. The Balaban J connectivity index is 1.38. The van der Waals surface area contributed by atoms with Gasteiger partial charge in [0.15, 0.2) is 0 Å². The number of amides is 1. The summed E-state index contributed by atoms with van der Waals surface area (Å²) in [4.78, 5) is 18.3. The summed E-state index contributed by atoms with van der Waals surface area (Å²) in [5.74, 6) is 0.647. The monoisotopic (exact) mass is 352 g/mol. The molecule has 0 radical (unpaired) electrons. The van der Waals surface area contributed by atoms with Gasteiger partial charge >= 0.3 is 0 Å². The van der Waals surface area contributed by atoms with Crippen molar-refractivity contribution in [2.24, 2.45) is 0 Å². The average molecular weight is 352 g/mol. The number of benzene rings is 1. The van der Waals surface area contributed by atoms with E-state index in [1.807, 2.05) is 30.3 Å². The molecule has 1 amide bonds. The van der Waals surface area contributed by atoms with Gasteiger partial charge in [0.1, 0.15) is 24.5 Å².